The topological polar surface area (TPSA) is 45.7 Å². The number of hydrogen-bond acceptors (Lipinski definition) is 5. The Hall–Kier alpha value is -3.48. The minimum absolute atomic E-state index is 0.0458. The van der Waals surface area contributed by atoms with E-state index in [0.29, 0.717) is 13.2 Å². The Morgan fingerprint density at radius 3 is 1.98 bits per heavy atom. The van der Waals surface area contributed by atoms with E-state index in [-0.39, 0.29) is 5.91 Å². The van der Waals surface area contributed by atoms with Gasteiger partial charge in [-0.1, -0.05) is 120 Å². The SMILES string of the molecule is CCCCCCCCCCCCCCON(c1ccccc1)c1ccc(CCN(C(C)=O)c2cccc(Cc3nccs3)c2)cc1. The monoisotopic (exact) mass is 639 g/mol. The molecule has 0 fully saturated rings. The number of para-hydroxylation sites is 1. The Labute approximate surface area is 281 Å². The van der Waals surface area contributed by atoms with Crippen LogP contribution >= 0.6 is 11.3 Å². The van der Waals surface area contributed by atoms with Crippen LogP contribution in [0.2, 0.25) is 0 Å². The molecule has 0 saturated heterocycles. The molecule has 0 aliphatic heterocycles. The number of rotatable bonds is 22. The Morgan fingerprint density at radius 1 is 0.717 bits per heavy atom. The summed E-state index contributed by atoms with van der Waals surface area (Å²) in [7, 11) is 0. The molecule has 5 nitrogen and oxygen atoms in total. The lowest BCUT2D eigenvalue weighted by atomic mass is 10.1. The largest absolute Gasteiger partial charge is 0.312 e. The molecule has 0 bridgehead atoms. The van der Waals surface area contributed by atoms with Crippen molar-refractivity contribution < 1.29 is 9.63 Å². The van der Waals surface area contributed by atoms with Crippen molar-refractivity contribution in [2.45, 2.75) is 104 Å². The van der Waals surface area contributed by atoms with Gasteiger partial charge in [0.05, 0.1) is 23.0 Å². The number of anilines is 3. The van der Waals surface area contributed by atoms with E-state index < -0.39 is 0 Å². The first-order valence-corrected chi connectivity index (χ1v) is 18.3. The molecule has 0 aliphatic carbocycles. The van der Waals surface area contributed by atoms with Gasteiger partial charge >= 0.3 is 0 Å². The maximum absolute atomic E-state index is 12.7. The van der Waals surface area contributed by atoms with E-state index in [1.54, 1.807) is 18.3 Å². The highest BCUT2D eigenvalue weighted by Gasteiger charge is 2.14. The standard InChI is InChI=1S/C40H53N3O2S/c1-3-4-5-6-7-8-9-10-11-12-13-17-30-45-43(37-20-15-14-16-21-37)38-25-23-35(24-26-38)27-29-42(34(2)44)39-22-18-19-36(32-39)33-40-41-28-31-46-40/h14-16,18-26,28,31-32H,3-13,17,27,29-30,33H2,1-2H3. The number of unbranched alkanes of at least 4 members (excludes halogenated alkanes) is 11. The number of amides is 1. The lowest BCUT2D eigenvalue weighted by Crippen LogP contribution is -2.30. The molecular formula is C40H53N3O2S. The van der Waals surface area contributed by atoms with Crippen molar-refractivity contribution in [3.05, 3.63) is 107 Å². The second-order valence-corrected chi connectivity index (χ2v) is 13.2. The van der Waals surface area contributed by atoms with Gasteiger partial charge in [-0.15, -0.1) is 11.3 Å². The van der Waals surface area contributed by atoms with Crippen molar-refractivity contribution in [3.63, 3.8) is 0 Å². The molecule has 0 unspecified atom stereocenters. The van der Waals surface area contributed by atoms with Crippen LogP contribution in [0.1, 0.15) is 107 Å². The summed E-state index contributed by atoms with van der Waals surface area (Å²) in [5, 5.41) is 5.03. The number of nitrogens with zero attached hydrogens (tertiary/aromatic N) is 3. The molecule has 6 heteroatoms. The average Bonchev–Trinajstić information content (AvgIpc) is 3.59. The average molecular weight is 640 g/mol. The minimum atomic E-state index is 0.0458. The molecule has 0 atom stereocenters. The molecule has 0 radical (unpaired) electrons. The molecule has 46 heavy (non-hydrogen) atoms. The molecule has 4 rings (SSSR count). The van der Waals surface area contributed by atoms with Crippen LogP contribution in [-0.4, -0.2) is 24.0 Å². The highest BCUT2D eigenvalue weighted by Crippen LogP contribution is 2.27. The molecule has 3 aromatic carbocycles. The highest BCUT2D eigenvalue weighted by atomic mass is 32.1. The van der Waals surface area contributed by atoms with Crippen molar-refractivity contribution >= 4 is 34.3 Å². The highest BCUT2D eigenvalue weighted by molar-refractivity contribution is 7.09. The molecule has 1 heterocycles. The van der Waals surface area contributed by atoms with E-state index in [1.165, 1.54) is 76.2 Å². The van der Waals surface area contributed by atoms with Crippen molar-refractivity contribution in [1.29, 1.82) is 0 Å². The smallest absolute Gasteiger partial charge is 0.223 e. The van der Waals surface area contributed by atoms with Crippen molar-refractivity contribution in [2.24, 2.45) is 0 Å². The van der Waals surface area contributed by atoms with Crippen LogP contribution < -0.4 is 9.96 Å². The van der Waals surface area contributed by atoms with Gasteiger partial charge in [0.25, 0.3) is 0 Å². The van der Waals surface area contributed by atoms with Crippen LogP contribution in [-0.2, 0) is 22.5 Å². The number of aromatic nitrogens is 1. The fourth-order valence-corrected chi connectivity index (χ4v) is 6.47. The predicted molar refractivity (Wildman–Crippen MR) is 195 cm³/mol. The summed E-state index contributed by atoms with van der Waals surface area (Å²) in [6, 6.07) is 27.1. The Balaban J connectivity index is 1.25. The summed E-state index contributed by atoms with van der Waals surface area (Å²) in [6.07, 6.45) is 19.3. The van der Waals surface area contributed by atoms with Gasteiger partial charge in [-0.05, 0) is 60.4 Å². The Morgan fingerprint density at radius 2 is 1.35 bits per heavy atom. The van der Waals surface area contributed by atoms with E-state index in [2.05, 4.69) is 60.4 Å². The van der Waals surface area contributed by atoms with Crippen LogP contribution in [0.3, 0.4) is 0 Å². The fraction of sp³-hybridized carbons (Fsp3) is 0.450. The van der Waals surface area contributed by atoms with Crippen LogP contribution in [0.5, 0.6) is 0 Å². The first-order valence-electron chi connectivity index (χ1n) is 17.5. The minimum Gasteiger partial charge on any atom is -0.312 e. The van der Waals surface area contributed by atoms with Crippen LogP contribution in [0.25, 0.3) is 0 Å². The lowest BCUT2D eigenvalue weighted by molar-refractivity contribution is -0.116. The van der Waals surface area contributed by atoms with Gasteiger partial charge in [-0.3, -0.25) is 9.63 Å². The molecule has 0 saturated carbocycles. The van der Waals surface area contributed by atoms with Crippen molar-refractivity contribution in [2.75, 3.05) is 23.1 Å². The van der Waals surface area contributed by atoms with Crippen LogP contribution in [0.4, 0.5) is 17.1 Å². The lowest BCUT2D eigenvalue weighted by Gasteiger charge is -2.25. The second kappa shape index (κ2) is 20.6. The molecule has 0 N–H and O–H groups in total. The van der Waals surface area contributed by atoms with Gasteiger partial charge < -0.3 is 4.90 Å². The van der Waals surface area contributed by atoms with Gasteiger partial charge in [0, 0.05) is 37.2 Å². The number of carbonyl (C=O) groups is 1. The van der Waals surface area contributed by atoms with E-state index in [0.717, 1.165) is 46.9 Å². The predicted octanol–water partition coefficient (Wildman–Crippen LogP) is 11.1. The second-order valence-electron chi connectivity index (χ2n) is 12.2. The van der Waals surface area contributed by atoms with Gasteiger partial charge in [0.2, 0.25) is 5.91 Å². The van der Waals surface area contributed by atoms with Crippen LogP contribution in [0, 0.1) is 0 Å². The molecule has 4 aromatic rings. The quantitative estimate of drug-likeness (QED) is 0.0634. The van der Waals surface area contributed by atoms with Gasteiger partial charge in [-0.2, -0.15) is 0 Å². The normalized spacial score (nSPS) is 11.1. The van der Waals surface area contributed by atoms with Crippen LogP contribution in [0.15, 0.2) is 90.4 Å². The number of hydrogen-bond donors (Lipinski definition) is 0. The third kappa shape index (κ3) is 12.4. The van der Waals surface area contributed by atoms with Gasteiger partial charge in [0.15, 0.2) is 0 Å². The maximum atomic E-state index is 12.7. The van der Waals surface area contributed by atoms with E-state index in [4.69, 9.17) is 4.84 Å². The van der Waals surface area contributed by atoms with E-state index in [9.17, 15) is 4.79 Å². The Bertz CT molecular complexity index is 1380. The first-order chi connectivity index (χ1) is 22.6. The fourth-order valence-electron chi connectivity index (χ4n) is 5.82. The van der Waals surface area contributed by atoms with Crippen molar-refractivity contribution in [3.8, 4) is 0 Å². The third-order valence-corrected chi connectivity index (χ3v) is 9.22. The molecule has 1 aromatic heterocycles. The molecular weight excluding hydrogens is 587 g/mol. The Kier molecular flexibility index (Phi) is 15.8. The number of thiazole rings is 1. The zero-order valence-electron chi connectivity index (χ0n) is 28.0. The summed E-state index contributed by atoms with van der Waals surface area (Å²) < 4.78 is 0. The van der Waals surface area contributed by atoms with Gasteiger partial charge in [0.1, 0.15) is 0 Å². The summed E-state index contributed by atoms with van der Waals surface area (Å²) in [4.78, 5) is 25.3. The van der Waals surface area contributed by atoms with E-state index in [1.807, 2.05) is 51.9 Å². The summed E-state index contributed by atoms with van der Waals surface area (Å²) in [5.74, 6) is 0.0458. The maximum Gasteiger partial charge on any atom is 0.223 e. The molecule has 0 aliphatic rings. The summed E-state index contributed by atoms with van der Waals surface area (Å²) in [6.45, 7) is 5.24. The number of benzene rings is 3. The molecule has 0 spiro atoms. The zero-order chi connectivity index (χ0) is 32.2. The molecule has 246 valence electrons. The van der Waals surface area contributed by atoms with E-state index >= 15 is 0 Å². The molecule has 1 amide bonds. The third-order valence-electron chi connectivity index (χ3n) is 8.45. The van der Waals surface area contributed by atoms with Gasteiger partial charge in [-0.25, -0.2) is 10.0 Å². The summed E-state index contributed by atoms with van der Waals surface area (Å²) in [5.41, 5.74) is 5.30. The summed E-state index contributed by atoms with van der Waals surface area (Å²) >= 11 is 1.66. The zero-order valence-corrected chi connectivity index (χ0v) is 28.9. The van der Waals surface area contributed by atoms with Crippen molar-refractivity contribution in [1.82, 2.24) is 4.98 Å². The number of carbonyl (C=O) groups excluding carboxylic acids is 1. The first kappa shape index (κ1) is 35.4.